The molecular formula is C19H20ClN5O2. The first-order valence-corrected chi connectivity index (χ1v) is 8.65. The molecule has 0 spiro atoms. The van der Waals surface area contributed by atoms with Gasteiger partial charge in [-0.2, -0.15) is 10.1 Å². The molecule has 0 fully saturated rings. The van der Waals surface area contributed by atoms with E-state index < -0.39 is 0 Å². The van der Waals surface area contributed by atoms with E-state index in [0.29, 0.717) is 40.5 Å². The van der Waals surface area contributed by atoms with Crippen LogP contribution in [-0.2, 0) is 6.54 Å². The average Bonchev–Trinajstić information content (AvgIpc) is 2.68. The van der Waals surface area contributed by atoms with Crippen molar-refractivity contribution in [3.05, 3.63) is 58.7 Å². The van der Waals surface area contributed by atoms with Gasteiger partial charge in [0.2, 0.25) is 5.95 Å². The van der Waals surface area contributed by atoms with Crippen LogP contribution >= 0.6 is 11.6 Å². The highest BCUT2D eigenvalue weighted by Crippen LogP contribution is 2.37. The van der Waals surface area contributed by atoms with Gasteiger partial charge in [0, 0.05) is 18.7 Å². The number of anilines is 3. The number of methoxy groups -OCH3 is 2. The summed E-state index contributed by atoms with van der Waals surface area (Å²) in [5.74, 6) is 2.02. The molecule has 0 unspecified atom stereocenters. The molecule has 8 heteroatoms. The molecule has 3 aromatic rings. The van der Waals surface area contributed by atoms with Crippen LogP contribution in [0.15, 0.2) is 42.6 Å². The van der Waals surface area contributed by atoms with Gasteiger partial charge in [-0.25, -0.2) is 0 Å². The van der Waals surface area contributed by atoms with Crippen molar-refractivity contribution in [2.75, 3.05) is 24.9 Å². The molecular weight excluding hydrogens is 366 g/mol. The minimum absolute atomic E-state index is 0.420. The Balaban J connectivity index is 1.77. The molecule has 2 aromatic carbocycles. The van der Waals surface area contributed by atoms with Crippen LogP contribution in [0.4, 0.5) is 17.5 Å². The van der Waals surface area contributed by atoms with Gasteiger partial charge < -0.3 is 20.1 Å². The molecule has 0 radical (unpaired) electrons. The smallest absolute Gasteiger partial charge is 0.244 e. The Morgan fingerprint density at radius 1 is 1.07 bits per heavy atom. The van der Waals surface area contributed by atoms with Crippen molar-refractivity contribution in [3.63, 3.8) is 0 Å². The molecule has 1 heterocycles. The van der Waals surface area contributed by atoms with Gasteiger partial charge >= 0.3 is 0 Å². The molecule has 0 bridgehead atoms. The number of hydrogen-bond acceptors (Lipinski definition) is 7. The van der Waals surface area contributed by atoms with Crippen LogP contribution in [0.3, 0.4) is 0 Å². The van der Waals surface area contributed by atoms with Crippen molar-refractivity contribution in [1.29, 1.82) is 0 Å². The fourth-order valence-corrected chi connectivity index (χ4v) is 2.75. The van der Waals surface area contributed by atoms with Gasteiger partial charge in [0.15, 0.2) is 5.82 Å². The summed E-state index contributed by atoms with van der Waals surface area (Å²) < 4.78 is 10.6. The Hall–Kier alpha value is -3.06. The van der Waals surface area contributed by atoms with Crippen molar-refractivity contribution < 1.29 is 9.47 Å². The molecule has 0 atom stereocenters. The zero-order valence-electron chi connectivity index (χ0n) is 15.3. The molecule has 0 aliphatic carbocycles. The number of nitrogens with one attached hydrogen (secondary N) is 2. The maximum absolute atomic E-state index is 6.14. The monoisotopic (exact) mass is 385 g/mol. The van der Waals surface area contributed by atoms with Crippen molar-refractivity contribution in [2.45, 2.75) is 13.5 Å². The summed E-state index contributed by atoms with van der Waals surface area (Å²) in [6.07, 6.45) is 1.53. The van der Waals surface area contributed by atoms with Crippen molar-refractivity contribution >= 4 is 29.1 Å². The number of benzene rings is 2. The standard InChI is InChI=1S/C19H20ClN5O2/c1-12-6-4-5-7-13(12)10-21-19-24-18(11-22-25-19)23-15-9-16(26-2)14(20)8-17(15)27-3/h4-9,11H,10H2,1-3H3,(H2,21,23,24,25). The molecule has 7 nitrogen and oxygen atoms in total. The average molecular weight is 386 g/mol. The predicted molar refractivity (Wildman–Crippen MR) is 106 cm³/mol. The number of aryl methyl sites for hydroxylation is 1. The Morgan fingerprint density at radius 2 is 1.85 bits per heavy atom. The van der Waals surface area contributed by atoms with Gasteiger partial charge in [-0.15, -0.1) is 5.10 Å². The summed E-state index contributed by atoms with van der Waals surface area (Å²) in [6.45, 7) is 2.67. The Kier molecular flexibility index (Phi) is 5.93. The molecule has 2 N–H and O–H groups in total. The largest absolute Gasteiger partial charge is 0.495 e. The molecule has 1 aromatic heterocycles. The van der Waals surface area contributed by atoms with E-state index in [9.17, 15) is 0 Å². The molecule has 0 amide bonds. The van der Waals surface area contributed by atoms with E-state index in [1.807, 2.05) is 12.1 Å². The summed E-state index contributed by atoms with van der Waals surface area (Å²) in [6, 6.07) is 11.5. The lowest BCUT2D eigenvalue weighted by molar-refractivity contribution is 0.405. The van der Waals surface area contributed by atoms with E-state index in [1.165, 1.54) is 17.3 Å². The number of rotatable bonds is 7. The molecule has 0 aliphatic rings. The summed E-state index contributed by atoms with van der Waals surface area (Å²) in [5.41, 5.74) is 3.03. The first-order valence-electron chi connectivity index (χ1n) is 8.27. The van der Waals surface area contributed by atoms with Crippen molar-refractivity contribution in [3.8, 4) is 11.5 Å². The topological polar surface area (TPSA) is 81.2 Å². The number of aromatic nitrogens is 3. The van der Waals surface area contributed by atoms with Gasteiger partial charge in [0.05, 0.1) is 31.1 Å². The van der Waals surface area contributed by atoms with Crippen LogP contribution in [0.5, 0.6) is 11.5 Å². The fraction of sp³-hybridized carbons (Fsp3) is 0.211. The van der Waals surface area contributed by atoms with Gasteiger partial charge in [0.1, 0.15) is 11.5 Å². The lowest BCUT2D eigenvalue weighted by Gasteiger charge is -2.14. The zero-order valence-corrected chi connectivity index (χ0v) is 16.0. The third kappa shape index (κ3) is 4.57. The first-order chi connectivity index (χ1) is 13.1. The molecule has 0 saturated carbocycles. The van der Waals surface area contributed by atoms with E-state index in [2.05, 4.69) is 44.9 Å². The van der Waals surface area contributed by atoms with Crippen LogP contribution < -0.4 is 20.1 Å². The van der Waals surface area contributed by atoms with Gasteiger partial charge in [-0.1, -0.05) is 35.9 Å². The summed E-state index contributed by atoms with van der Waals surface area (Å²) >= 11 is 6.14. The van der Waals surface area contributed by atoms with E-state index in [-0.39, 0.29) is 0 Å². The van der Waals surface area contributed by atoms with Crippen molar-refractivity contribution in [1.82, 2.24) is 15.2 Å². The summed E-state index contributed by atoms with van der Waals surface area (Å²) in [4.78, 5) is 4.44. The van der Waals surface area contributed by atoms with E-state index in [4.69, 9.17) is 21.1 Å². The molecule has 140 valence electrons. The SMILES string of the molecule is COc1cc(Nc2cnnc(NCc3ccccc3C)n2)c(OC)cc1Cl. The summed E-state index contributed by atoms with van der Waals surface area (Å²) in [5, 5.41) is 14.8. The highest BCUT2D eigenvalue weighted by atomic mass is 35.5. The Bertz CT molecular complexity index is 936. The Morgan fingerprint density at radius 3 is 2.59 bits per heavy atom. The van der Waals surface area contributed by atoms with E-state index in [1.54, 1.807) is 26.4 Å². The fourth-order valence-electron chi connectivity index (χ4n) is 2.52. The molecule has 3 rings (SSSR count). The maximum atomic E-state index is 6.14. The third-order valence-corrected chi connectivity index (χ3v) is 4.29. The second-order valence-corrected chi connectivity index (χ2v) is 6.16. The quantitative estimate of drug-likeness (QED) is 0.630. The van der Waals surface area contributed by atoms with Crippen LogP contribution in [0.2, 0.25) is 5.02 Å². The minimum Gasteiger partial charge on any atom is -0.495 e. The number of hydrogen-bond donors (Lipinski definition) is 2. The van der Waals surface area contributed by atoms with Crippen LogP contribution in [0.1, 0.15) is 11.1 Å². The normalized spacial score (nSPS) is 10.4. The van der Waals surface area contributed by atoms with E-state index in [0.717, 1.165) is 0 Å². The predicted octanol–water partition coefficient (Wildman–Crippen LogP) is 4.21. The lowest BCUT2D eigenvalue weighted by Crippen LogP contribution is -2.07. The minimum atomic E-state index is 0.420. The number of ether oxygens (including phenoxy) is 2. The van der Waals surface area contributed by atoms with Crippen molar-refractivity contribution in [2.24, 2.45) is 0 Å². The van der Waals surface area contributed by atoms with E-state index >= 15 is 0 Å². The van der Waals surface area contributed by atoms with Gasteiger partial charge in [-0.3, -0.25) is 0 Å². The van der Waals surface area contributed by atoms with Gasteiger partial charge in [0.25, 0.3) is 0 Å². The Labute approximate surface area is 162 Å². The third-order valence-electron chi connectivity index (χ3n) is 3.99. The first kappa shape index (κ1) is 18.7. The molecule has 0 aliphatic heterocycles. The number of nitrogens with zero attached hydrogens (tertiary/aromatic N) is 3. The van der Waals surface area contributed by atoms with Crippen LogP contribution in [0, 0.1) is 6.92 Å². The van der Waals surface area contributed by atoms with Gasteiger partial charge in [-0.05, 0) is 18.1 Å². The second kappa shape index (κ2) is 8.55. The zero-order chi connectivity index (χ0) is 19.2. The van der Waals surface area contributed by atoms with Crippen LogP contribution in [0.25, 0.3) is 0 Å². The highest BCUT2D eigenvalue weighted by Gasteiger charge is 2.11. The maximum Gasteiger partial charge on any atom is 0.244 e. The highest BCUT2D eigenvalue weighted by molar-refractivity contribution is 6.32. The lowest BCUT2D eigenvalue weighted by atomic mass is 10.1. The second-order valence-electron chi connectivity index (χ2n) is 5.76. The van der Waals surface area contributed by atoms with Crippen LogP contribution in [-0.4, -0.2) is 29.4 Å². The summed E-state index contributed by atoms with van der Waals surface area (Å²) in [7, 11) is 3.12. The molecule has 0 saturated heterocycles. The molecule has 27 heavy (non-hydrogen) atoms. The number of halogens is 1.